The minimum atomic E-state index is -0.969. The molecule has 0 atom stereocenters. The number of carboxylic acids is 1. The highest BCUT2D eigenvalue weighted by molar-refractivity contribution is 7.16. The van der Waals surface area contributed by atoms with Gasteiger partial charge in [-0.1, -0.05) is 23.5 Å². The SMILES string of the molecule is Cc1nc(-n2cccc2)sc1C(=O)NCc1ccc(C(=O)O)cc1. The molecule has 0 aliphatic heterocycles. The summed E-state index contributed by atoms with van der Waals surface area (Å²) in [6.45, 7) is 2.13. The van der Waals surface area contributed by atoms with Crippen LogP contribution in [0.1, 0.15) is 31.3 Å². The lowest BCUT2D eigenvalue weighted by molar-refractivity contribution is 0.0696. The van der Waals surface area contributed by atoms with E-state index in [4.69, 9.17) is 5.11 Å². The largest absolute Gasteiger partial charge is 0.478 e. The molecule has 6 nitrogen and oxygen atoms in total. The molecule has 122 valence electrons. The number of hydrogen-bond acceptors (Lipinski definition) is 4. The summed E-state index contributed by atoms with van der Waals surface area (Å²) in [5.41, 5.74) is 1.74. The van der Waals surface area contributed by atoms with Crippen molar-refractivity contribution in [2.45, 2.75) is 13.5 Å². The second-order valence-corrected chi connectivity index (χ2v) is 6.16. The van der Waals surface area contributed by atoms with Crippen LogP contribution in [0.4, 0.5) is 0 Å². The summed E-state index contributed by atoms with van der Waals surface area (Å²) in [5.74, 6) is -1.16. The highest BCUT2D eigenvalue weighted by Crippen LogP contribution is 2.21. The molecule has 0 spiro atoms. The van der Waals surface area contributed by atoms with Crippen LogP contribution in [0.5, 0.6) is 0 Å². The standard InChI is InChI=1S/C17H15N3O3S/c1-11-14(24-17(19-11)20-8-2-3-9-20)15(21)18-10-12-4-6-13(7-5-12)16(22)23/h2-9H,10H2,1H3,(H,18,21)(H,22,23). The average Bonchev–Trinajstić information content (AvgIpc) is 3.22. The molecule has 0 saturated carbocycles. The molecule has 2 heterocycles. The van der Waals surface area contributed by atoms with E-state index in [1.54, 1.807) is 19.1 Å². The van der Waals surface area contributed by atoms with Gasteiger partial charge in [0, 0.05) is 18.9 Å². The van der Waals surface area contributed by atoms with Crippen molar-refractivity contribution in [1.82, 2.24) is 14.9 Å². The first kappa shape index (κ1) is 15.9. The van der Waals surface area contributed by atoms with Crippen LogP contribution in [0.3, 0.4) is 0 Å². The van der Waals surface area contributed by atoms with Crippen LogP contribution in [0, 0.1) is 6.92 Å². The normalized spacial score (nSPS) is 10.5. The first-order valence-electron chi connectivity index (χ1n) is 7.26. The molecule has 0 saturated heterocycles. The van der Waals surface area contributed by atoms with Crippen molar-refractivity contribution >= 4 is 23.2 Å². The molecule has 24 heavy (non-hydrogen) atoms. The van der Waals surface area contributed by atoms with E-state index in [9.17, 15) is 9.59 Å². The zero-order valence-electron chi connectivity index (χ0n) is 12.9. The molecule has 0 bridgehead atoms. The van der Waals surface area contributed by atoms with Gasteiger partial charge in [0.1, 0.15) is 4.88 Å². The van der Waals surface area contributed by atoms with E-state index in [0.29, 0.717) is 17.1 Å². The van der Waals surface area contributed by atoms with Gasteiger partial charge in [-0.3, -0.25) is 4.79 Å². The number of aryl methyl sites for hydroxylation is 1. The molecule has 2 N–H and O–H groups in total. The third kappa shape index (κ3) is 3.36. The smallest absolute Gasteiger partial charge is 0.335 e. The number of carbonyl (C=O) groups is 2. The van der Waals surface area contributed by atoms with Gasteiger partial charge < -0.3 is 15.0 Å². The molecule has 0 aliphatic carbocycles. The maximum atomic E-state index is 12.4. The van der Waals surface area contributed by atoms with Crippen molar-refractivity contribution in [3.05, 3.63) is 70.5 Å². The van der Waals surface area contributed by atoms with Crippen molar-refractivity contribution in [2.75, 3.05) is 0 Å². The van der Waals surface area contributed by atoms with Crippen LogP contribution in [0.2, 0.25) is 0 Å². The van der Waals surface area contributed by atoms with Crippen LogP contribution >= 0.6 is 11.3 Å². The zero-order valence-corrected chi connectivity index (χ0v) is 13.7. The first-order chi connectivity index (χ1) is 11.5. The summed E-state index contributed by atoms with van der Waals surface area (Å²) >= 11 is 1.33. The minimum Gasteiger partial charge on any atom is -0.478 e. The van der Waals surface area contributed by atoms with Crippen molar-refractivity contribution in [2.24, 2.45) is 0 Å². The van der Waals surface area contributed by atoms with E-state index in [0.717, 1.165) is 10.7 Å². The summed E-state index contributed by atoms with van der Waals surface area (Å²) < 4.78 is 1.86. The van der Waals surface area contributed by atoms with Crippen molar-refractivity contribution in [3.63, 3.8) is 0 Å². The fourth-order valence-electron chi connectivity index (χ4n) is 2.19. The average molecular weight is 341 g/mol. The number of rotatable bonds is 5. The van der Waals surface area contributed by atoms with Gasteiger partial charge >= 0.3 is 5.97 Å². The van der Waals surface area contributed by atoms with Gasteiger partial charge in [0.15, 0.2) is 5.13 Å². The monoisotopic (exact) mass is 341 g/mol. The Bertz CT molecular complexity index is 867. The minimum absolute atomic E-state index is 0.189. The maximum Gasteiger partial charge on any atom is 0.335 e. The Labute approximate surface area is 142 Å². The molecule has 7 heteroatoms. The van der Waals surface area contributed by atoms with Crippen LogP contribution < -0.4 is 5.32 Å². The van der Waals surface area contributed by atoms with Crippen molar-refractivity contribution in [1.29, 1.82) is 0 Å². The van der Waals surface area contributed by atoms with Crippen molar-refractivity contribution in [3.8, 4) is 5.13 Å². The van der Waals surface area contributed by atoms with Gasteiger partial charge in [-0.05, 0) is 36.8 Å². The van der Waals surface area contributed by atoms with Gasteiger partial charge in [-0.15, -0.1) is 0 Å². The maximum absolute atomic E-state index is 12.4. The highest BCUT2D eigenvalue weighted by Gasteiger charge is 2.15. The fourth-order valence-corrected chi connectivity index (χ4v) is 3.14. The Morgan fingerprint density at radius 1 is 1.21 bits per heavy atom. The van der Waals surface area contributed by atoms with Gasteiger partial charge in [0.05, 0.1) is 11.3 Å². The number of aromatic carboxylic acids is 1. The summed E-state index contributed by atoms with van der Waals surface area (Å²) in [7, 11) is 0. The molecular formula is C17H15N3O3S. The first-order valence-corrected chi connectivity index (χ1v) is 8.07. The lowest BCUT2D eigenvalue weighted by Gasteiger charge is -2.04. The third-order valence-corrected chi connectivity index (χ3v) is 4.64. The molecule has 2 aromatic heterocycles. The zero-order chi connectivity index (χ0) is 17.1. The van der Waals surface area contributed by atoms with E-state index in [1.807, 2.05) is 29.1 Å². The number of amides is 1. The van der Waals surface area contributed by atoms with Crippen LogP contribution in [0.25, 0.3) is 5.13 Å². The quantitative estimate of drug-likeness (QED) is 0.747. The van der Waals surface area contributed by atoms with Gasteiger partial charge in [-0.2, -0.15) is 0 Å². The second kappa shape index (κ2) is 6.67. The number of nitrogens with zero attached hydrogens (tertiary/aromatic N) is 2. The predicted octanol–water partition coefficient (Wildman–Crippen LogP) is 2.87. The third-order valence-electron chi connectivity index (χ3n) is 3.47. The van der Waals surface area contributed by atoms with Gasteiger partial charge in [0.2, 0.25) is 0 Å². The lowest BCUT2D eigenvalue weighted by Crippen LogP contribution is -2.22. The highest BCUT2D eigenvalue weighted by atomic mass is 32.1. The summed E-state index contributed by atoms with van der Waals surface area (Å²) in [6.07, 6.45) is 3.76. The second-order valence-electron chi connectivity index (χ2n) is 5.19. The van der Waals surface area contributed by atoms with Crippen LogP contribution in [-0.2, 0) is 6.54 Å². The van der Waals surface area contributed by atoms with E-state index in [-0.39, 0.29) is 11.5 Å². The predicted molar refractivity (Wildman–Crippen MR) is 90.7 cm³/mol. The number of carboxylic acid groups (broad SMARTS) is 1. The fraction of sp³-hybridized carbons (Fsp3) is 0.118. The van der Waals surface area contributed by atoms with E-state index in [1.165, 1.54) is 23.5 Å². The number of nitrogens with one attached hydrogen (secondary N) is 1. The summed E-state index contributed by atoms with van der Waals surface area (Å²) in [5, 5.41) is 12.5. The number of aromatic nitrogens is 2. The van der Waals surface area contributed by atoms with Crippen LogP contribution in [-0.4, -0.2) is 26.5 Å². The Balaban J connectivity index is 1.68. The molecule has 1 aromatic carbocycles. The molecule has 0 radical (unpaired) electrons. The molecule has 0 aliphatic rings. The number of benzene rings is 1. The van der Waals surface area contributed by atoms with Crippen molar-refractivity contribution < 1.29 is 14.7 Å². The number of hydrogen-bond donors (Lipinski definition) is 2. The van der Waals surface area contributed by atoms with E-state index in [2.05, 4.69) is 10.3 Å². The van der Waals surface area contributed by atoms with Gasteiger partial charge in [0.25, 0.3) is 5.91 Å². The Morgan fingerprint density at radius 2 is 1.88 bits per heavy atom. The lowest BCUT2D eigenvalue weighted by atomic mass is 10.1. The summed E-state index contributed by atoms with van der Waals surface area (Å²) in [4.78, 5) is 28.2. The Hall–Kier alpha value is -2.93. The molecular weight excluding hydrogens is 326 g/mol. The molecule has 0 unspecified atom stereocenters. The summed E-state index contributed by atoms with van der Waals surface area (Å²) in [6, 6.07) is 10.2. The van der Waals surface area contributed by atoms with Gasteiger partial charge in [-0.25, -0.2) is 9.78 Å². The molecule has 3 rings (SSSR count). The molecule has 1 amide bonds. The topological polar surface area (TPSA) is 84.2 Å². The van der Waals surface area contributed by atoms with E-state index >= 15 is 0 Å². The number of carbonyl (C=O) groups excluding carboxylic acids is 1. The Kier molecular flexibility index (Phi) is 4.43. The number of thiazole rings is 1. The van der Waals surface area contributed by atoms with Crippen LogP contribution in [0.15, 0.2) is 48.8 Å². The molecule has 3 aromatic rings. The Morgan fingerprint density at radius 3 is 2.50 bits per heavy atom. The van der Waals surface area contributed by atoms with E-state index < -0.39 is 5.97 Å². The molecule has 0 fully saturated rings.